The lowest BCUT2D eigenvalue weighted by atomic mass is 9.92. The fourth-order valence-electron chi connectivity index (χ4n) is 3.34. The predicted octanol–water partition coefficient (Wildman–Crippen LogP) is 1.61. The molecule has 2 aliphatic rings. The molecule has 1 aliphatic carbocycles. The third kappa shape index (κ3) is 3.67. The molecule has 2 rings (SSSR count). The van der Waals surface area contributed by atoms with Crippen LogP contribution in [-0.2, 0) is 0 Å². The maximum absolute atomic E-state index is 9.95. The summed E-state index contributed by atoms with van der Waals surface area (Å²) in [6.45, 7) is 8.64. The molecule has 0 spiro atoms. The van der Waals surface area contributed by atoms with Gasteiger partial charge in [0.05, 0.1) is 5.60 Å². The fourth-order valence-corrected chi connectivity index (χ4v) is 3.34. The van der Waals surface area contributed by atoms with Gasteiger partial charge in [-0.25, -0.2) is 0 Å². The van der Waals surface area contributed by atoms with E-state index >= 15 is 0 Å². The first kappa shape index (κ1) is 13.3. The topological polar surface area (TPSA) is 35.5 Å². The third-order valence-electron chi connectivity index (χ3n) is 4.55. The maximum atomic E-state index is 9.95. The predicted molar refractivity (Wildman–Crippen MR) is 71.1 cm³/mol. The van der Waals surface area contributed by atoms with Gasteiger partial charge in [0.15, 0.2) is 0 Å². The quantitative estimate of drug-likeness (QED) is 0.784. The zero-order valence-corrected chi connectivity index (χ0v) is 11.4. The highest BCUT2D eigenvalue weighted by molar-refractivity contribution is 4.88. The Morgan fingerprint density at radius 2 is 2.00 bits per heavy atom. The smallest absolute Gasteiger partial charge is 0.0644 e. The molecule has 2 atom stereocenters. The van der Waals surface area contributed by atoms with Crippen LogP contribution in [-0.4, -0.2) is 47.8 Å². The van der Waals surface area contributed by atoms with E-state index < -0.39 is 5.60 Å². The summed E-state index contributed by atoms with van der Waals surface area (Å²) < 4.78 is 0. The molecular formula is C14H28N2O. The lowest BCUT2D eigenvalue weighted by Gasteiger charge is -2.37. The summed E-state index contributed by atoms with van der Waals surface area (Å²) >= 11 is 0. The van der Waals surface area contributed by atoms with Crippen LogP contribution in [0.5, 0.6) is 0 Å². The van der Waals surface area contributed by atoms with Crippen LogP contribution in [0.25, 0.3) is 0 Å². The Morgan fingerprint density at radius 3 is 2.65 bits per heavy atom. The molecule has 0 bridgehead atoms. The molecular weight excluding hydrogens is 212 g/mol. The molecule has 2 fully saturated rings. The molecule has 0 aromatic rings. The van der Waals surface area contributed by atoms with Gasteiger partial charge in [0, 0.05) is 25.7 Å². The van der Waals surface area contributed by atoms with Crippen LogP contribution in [0.2, 0.25) is 0 Å². The summed E-state index contributed by atoms with van der Waals surface area (Å²) in [6.07, 6.45) is 5.99. The molecule has 100 valence electrons. The Hall–Kier alpha value is -0.120. The van der Waals surface area contributed by atoms with Crippen molar-refractivity contribution in [1.29, 1.82) is 0 Å². The van der Waals surface area contributed by atoms with Crippen molar-refractivity contribution >= 4 is 0 Å². The maximum Gasteiger partial charge on any atom is 0.0644 e. The molecule has 3 heteroatoms. The number of rotatable bonds is 4. The number of hydrogen-bond donors (Lipinski definition) is 2. The second kappa shape index (κ2) is 5.68. The van der Waals surface area contributed by atoms with Gasteiger partial charge < -0.3 is 15.3 Å². The minimum atomic E-state index is -0.409. The van der Waals surface area contributed by atoms with Crippen molar-refractivity contribution in [3.8, 4) is 0 Å². The highest BCUT2D eigenvalue weighted by Gasteiger charge is 2.32. The van der Waals surface area contributed by atoms with E-state index in [0.717, 1.165) is 44.4 Å². The molecule has 2 unspecified atom stereocenters. The molecule has 1 saturated heterocycles. The van der Waals surface area contributed by atoms with Crippen LogP contribution in [0, 0.1) is 5.92 Å². The van der Waals surface area contributed by atoms with E-state index in [2.05, 4.69) is 17.1 Å². The second-order valence-corrected chi connectivity index (χ2v) is 6.15. The number of piperidine rings is 1. The van der Waals surface area contributed by atoms with Crippen LogP contribution in [0.15, 0.2) is 0 Å². The van der Waals surface area contributed by atoms with Crippen molar-refractivity contribution in [3.05, 3.63) is 0 Å². The average Bonchev–Trinajstić information content (AvgIpc) is 2.70. The lowest BCUT2D eigenvalue weighted by molar-refractivity contribution is -0.00929. The van der Waals surface area contributed by atoms with Gasteiger partial charge in [-0.05, 0) is 45.1 Å². The number of hydrogen-bond acceptors (Lipinski definition) is 3. The van der Waals surface area contributed by atoms with Crippen molar-refractivity contribution in [2.24, 2.45) is 5.92 Å². The molecule has 0 aromatic heterocycles. The number of nitrogens with one attached hydrogen (secondary N) is 1. The molecule has 1 saturated carbocycles. The Balaban J connectivity index is 1.77. The zero-order valence-electron chi connectivity index (χ0n) is 11.4. The Labute approximate surface area is 106 Å². The van der Waals surface area contributed by atoms with Crippen molar-refractivity contribution in [1.82, 2.24) is 10.2 Å². The van der Waals surface area contributed by atoms with Gasteiger partial charge in [-0.1, -0.05) is 13.3 Å². The first-order valence-corrected chi connectivity index (χ1v) is 7.29. The molecule has 17 heavy (non-hydrogen) atoms. The van der Waals surface area contributed by atoms with E-state index in [1.165, 1.54) is 25.8 Å². The number of nitrogens with zero attached hydrogens (tertiary/aromatic N) is 1. The number of aliphatic hydroxyl groups is 1. The summed E-state index contributed by atoms with van der Waals surface area (Å²) in [5, 5.41) is 13.6. The molecule has 3 nitrogen and oxygen atoms in total. The Kier molecular flexibility index (Phi) is 4.45. The van der Waals surface area contributed by atoms with Crippen LogP contribution < -0.4 is 5.32 Å². The van der Waals surface area contributed by atoms with Gasteiger partial charge in [0.2, 0.25) is 0 Å². The normalized spacial score (nSPS) is 34.1. The average molecular weight is 240 g/mol. The molecule has 0 amide bonds. The minimum absolute atomic E-state index is 0.409. The van der Waals surface area contributed by atoms with Crippen molar-refractivity contribution in [3.63, 3.8) is 0 Å². The largest absolute Gasteiger partial charge is 0.390 e. The van der Waals surface area contributed by atoms with Crippen LogP contribution in [0.4, 0.5) is 0 Å². The minimum Gasteiger partial charge on any atom is -0.390 e. The van der Waals surface area contributed by atoms with Gasteiger partial charge in [-0.3, -0.25) is 0 Å². The van der Waals surface area contributed by atoms with E-state index in [-0.39, 0.29) is 0 Å². The van der Waals surface area contributed by atoms with E-state index in [1.807, 2.05) is 6.92 Å². The van der Waals surface area contributed by atoms with Crippen LogP contribution >= 0.6 is 0 Å². The summed E-state index contributed by atoms with van der Waals surface area (Å²) in [5.74, 6) is 0.831. The fraction of sp³-hybridized carbons (Fsp3) is 1.00. The first-order chi connectivity index (χ1) is 8.11. The zero-order chi connectivity index (χ0) is 12.3. The third-order valence-corrected chi connectivity index (χ3v) is 4.55. The highest BCUT2D eigenvalue weighted by Crippen LogP contribution is 2.28. The summed E-state index contributed by atoms with van der Waals surface area (Å²) in [6, 6.07) is 0.738. The van der Waals surface area contributed by atoms with Gasteiger partial charge in [0.1, 0.15) is 0 Å². The van der Waals surface area contributed by atoms with Gasteiger partial charge in [-0.15, -0.1) is 0 Å². The first-order valence-electron chi connectivity index (χ1n) is 7.29. The van der Waals surface area contributed by atoms with E-state index in [4.69, 9.17) is 0 Å². The van der Waals surface area contributed by atoms with Gasteiger partial charge >= 0.3 is 0 Å². The summed E-state index contributed by atoms with van der Waals surface area (Å²) in [5.41, 5.74) is -0.409. The Morgan fingerprint density at radius 1 is 1.29 bits per heavy atom. The molecule has 2 N–H and O–H groups in total. The lowest BCUT2D eigenvalue weighted by Crippen LogP contribution is -2.46. The molecule has 1 heterocycles. The summed E-state index contributed by atoms with van der Waals surface area (Å²) in [4.78, 5) is 2.55. The SMILES string of the molecule is CCNC1CCCC1CN1CCC(C)(O)CC1. The van der Waals surface area contributed by atoms with Crippen molar-refractivity contribution in [2.45, 2.75) is 57.6 Å². The van der Waals surface area contributed by atoms with Gasteiger partial charge in [0.25, 0.3) is 0 Å². The van der Waals surface area contributed by atoms with E-state index in [9.17, 15) is 5.11 Å². The monoisotopic (exact) mass is 240 g/mol. The molecule has 0 radical (unpaired) electrons. The van der Waals surface area contributed by atoms with Gasteiger partial charge in [-0.2, -0.15) is 0 Å². The molecule has 1 aliphatic heterocycles. The standard InChI is InChI=1S/C14H28N2O/c1-3-15-13-6-4-5-12(13)11-16-9-7-14(2,17)8-10-16/h12-13,15,17H,3-11H2,1-2H3. The van der Waals surface area contributed by atoms with Crippen LogP contribution in [0.3, 0.4) is 0 Å². The highest BCUT2D eigenvalue weighted by atomic mass is 16.3. The second-order valence-electron chi connectivity index (χ2n) is 6.15. The van der Waals surface area contributed by atoms with Crippen molar-refractivity contribution in [2.75, 3.05) is 26.2 Å². The van der Waals surface area contributed by atoms with E-state index in [0.29, 0.717) is 0 Å². The number of likely N-dealkylation sites (tertiary alicyclic amines) is 1. The summed E-state index contributed by atoms with van der Waals surface area (Å²) in [7, 11) is 0. The molecule has 0 aromatic carbocycles. The Bertz CT molecular complexity index is 232. The van der Waals surface area contributed by atoms with Crippen molar-refractivity contribution < 1.29 is 5.11 Å². The van der Waals surface area contributed by atoms with E-state index in [1.54, 1.807) is 0 Å². The van der Waals surface area contributed by atoms with Crippen LogP contribution in [0.1, 0.15) is 46.0 Å².